The van der Waals surface area contributed by atoms with Gasteiger partial charge in [-0.2, -0.15) is 5.10 Å². The Hall–Kier alpha value is -2.17. The summed E-state index contributed by atoms with van der Waals surface area (Å²) in [6, 6.07) is 3.52. The van der Waals surface area contributed by atoms with Gasteiger partial charge in [0.1, 0.15) is 0 Å². The molecule has 1 amide bonds. The van der Waals surface area contributed by atoms with E-state index in [1.165, 1.54) is 5.69 Å². The van der Waals surface area contributed by atoms with Gasteiger partial charge in [-0.3, -0.25) is 14.5 Å². The first-order valence-electron chi connectivity index (χ1n) is 7.22. The van der Waals surface area contributed by atoms with Crippen LogP contribution >= 0.6 is 0 Å². The summed E-state index contributed by atoms with van der Waals surface area (Å²) < 4.78 is 2.08. The number of aromatic nitrogens is 3. The smallest absolute Gasteiger partial charge is 0.254 e. The van der Waals surface area contributed by atoms with Gasteiger partial charge in [0.15, 0.2) is 0 Å². The molecule has 0 N–H and O–H groups in total. The van der Waals surface area contributed by atoms with Crippen molar-refractivity contribution in [1.82, 2.24) is 19.7 Å². The third kappa shape index (κ3) is 2.55. The Morgan fingerprint density at radius 2 is 1.95 bits per heavy atom. The van der Waals surface area contributed by atoms with Crippen molar-refractivity contribution in [1.29, 1.82) is 0 Å². The zero-order chi connectivity index (χ0) is 15.0. The van der Waals surface area contributed by atoms with Crippen LogP contribution in [0.1, 0.15) is 42.4 Å². The van der Waals surface area contributed by atoms with Crippen LogP contribution in [0.5, 0.6) is 0 Å². The highest BCUT2D eigenvalue weighted by Crippen LogP contribution is 2.25. The first-order chi connectivity index (χ1) is 9.97. The molecule has 2 aromatic rings. The Bertz CT molecular complexity index is 655. The number of hydrogen-bond acceptors (Lipinski definition) is 3. The number of hydrogen-bond donors (Lipinski definition) is 0. The van der Waals surface area contributed by atoms with Crippen LogP contribution < -0.4 is 0 Å². The van der Waals surface area contributed by atoms with E-state index >= 15 is 0 Å². The molecule has 3 heterocycles. The molecule has 110 valence electrons. The third-order valence-corrected chi connectivity index (χ3v) is 3.79. The zero-order valence-electron chi connectivity index (χ0n) is 12.7. The molecule has 5 nitrogen and oxygen atoms in total. The van der Waals surface area contributed by atoms with Crippen molar-refractivity contribution in [3.63, 3.8) is 0 Å². The van der Waals surface area contributed by atoms with Gasteiger partial charge in [-0.1, -0.05) is 0 Å². The third-order valence-electron chi connectivity index (χ3n) is 3.79. The summed E-state index contributed by atoms with van der Waals surface area (Å²) in [6.07, 6.45) is 6.05. The molecule has 0 atom stereocenters. The van der Waals surface area contributed by atoms with Crippen molar-refractivity contribution < 1.29 is 4.79 Å². The Morgan fingerprint density at radius 3 is 2.62 bits per heavy atom. The summed E-state index contributed by atoms with van der Waals surface area (Å²) in [7, 11) is 0. The summed E-state index contributed by atoms with van der Waals surface area (Å²) in [5.41, 5.74) is 3.07. The van der Waals surface area contributed by atoms with Crippen LogP contribution in [0.2, 0.25) is 0 Å². The molecule has 1 aliphatic rings. The normalized spacial score (nSPS) is 14.9. The molecule has 0 radical (unpaired) electrons. The fraction of sp³-hybridized carbons (Fsp3) is 0.438. The van der Waals surface area contributed by atoms with Crippen LogP contribution in [0, 0.1) is 0 Å². The van der Waals surface area contributed by atoms with Gasteiger partial charge in [0.25, 0.3) is 5.91 Å². The number of carbonyl (C=O) groups is 1. The maximum absolute atomic E-state index is 12.5. The van der Waals surface area contributed by atoms with Gasteiger partial charge in [0, 0.05) is 48.7 Å². The topological polar surface area (TPSA) is 51.0 Å². The number of fused-ring (bicyclic) bond motifs is 1. The lowest BCUT2D eigenvalue weighted by Gasteiger charge is -2.30. The summed E-state index contributed by atoms with van der Waals surface area (Å²) >= 11 is 0. The summed E-state index contributed by atoms with van der Waals surface area (Å²) in [5, 5.41) is 4.50. The summed E-state index contributed by atoms with van der Waals surface area (Å²) in [5.74, 6) is 0.0616. The van der Waals surface area contributed by atoms with E-state index in [-0.39, 0.29) is 11.4 Å². The average Bonchev–Trinajstić information content (AvgIpc) is 2.90. The highest BCUT2D eigenvalue weighted by atomic mass is 16.2. The number of carbonyl (C=O) groups excluding carboxylic acids is 1. The van der Waals surface area contributed by atoms with Gasteiger partial charge in [-0.25, -0.2) is 0 Å². The lowest BCUT2D eigenvalue weighted by Crippen LogP contribution is -2.37. The molecule has 0 fully saturated rings. The molecule has 1 aliphatic heterocycles. The van der Waals surface area contributed by atoms with E-state index in [0.29, 0.717) is 12.1 Å². The van der Waals surface area contributed by atoms with Crippen molar-refractivity contribution in [3.05, 3.63) is 47.5 Å². The molecular weight excluding hydrogens is 264 g/mol. The Kier molecular flexibility index (Phi) is 3.27. The maximum atomic E-state index is 12.5. The fourth-order valence-corrected chi connectivity index (χ4v) is 2.76. The standard InChI is InChI=1S/C16H20N4O/c1-16(2,3)20-14-6-9-19(11-13(14)10-18-20)15(21)12-4-7-17-8-5-12/h4-5,7-8,10H,6,9,11H2,1-3H3. The molecular formula is C16H20N4O. The predicted octanol–water partition coefficient (Wildman–Crippen LogP) is 2.23. The van der Waals surface area contributed by atoms with Gasteiger partial charge >= 0.3 is 0 Å². The van der Waals surface area contributed by atoms with E-state index < -0.39 is 0 Å². The lowest BCUT2D eigenvalue weighted by atomic mass is 10.0. The first kappa shape index (κ1) is 13.8. The number of rotatable bonds is 1. The van der Waals surface area contributed by atoms with Crippen molar-refractivity contribution in [3.8, 4) is 0 Å². The van der Waals surface area contributed by atoms with Crippen molar-refractivity contribution >= 4 is 5.91 Å². The quantitative estimate of drug-likeness (QED) is 0.807. The molecule has 21 heavy (non-hydrogen) atoms. The van der Waals surface area contributed by atoms with E-state index in [4.69, 9.17) is 0 Å². The molecule has 0 aliphatic carbocycles. The van der Waals surface area contributed by atoms with Crippen LogP contribution in [-0.4, -0.2) is 32.1 Å². The van der Waals surface area contributed by atoms with Crippen molar-refractivity contribution in [2.75, 3.05) is 6.54 Å². The van der Waals surface area contributed by atoms with E-state index in [0.717, 1.165) is 18.5 Å². The fourth-order valence-electron chi connectivity index (χ4n) is 2.76. The second-order valence-corrected chi connectivity index (χ2v) is 6.41. The largest absolute Gasteiger partial charge is 0.334 e. The van der Waals surface area contributed by atoms with E-state index in [1.54, 1.807) is 24.5 Å². The minimum absolute atomic E-state index is 0.0230. The molecule has 0 spiro atoms. The van der Waals surface area contributed by atoms with Gasteiger partial charge in [-0.05, 0) is 32.9 Å². The van der Waals surface area contributed by atoms with Gasteiger partial charge in [0.2, 0.25) is 0 Å². The minimum atomic E-state index is -0.0230. The second kappa shape index (κ2) is 4.98. The van der Waals surface area contributed by atoms with E-state index in [2.05, 4.69) is 35.5 Å². The zero-order valence-corrected chi connectivity index (χ0v) is 12.7. The molecule has 0 unspecified atom stereocenters. The number of pyridine rings is 1. The van der Waals surface area contributed by atoms with Gasteiger partial charge in [-0.15, -0.1) is 0 Å². The minimum Gasteiger partial charge on any atom is -0.334 e. The highest BCUT2D eigenvalue weighted by Gasteiger charge is 2.27. The number of nitrogens with zero attached hydrogens (tertiary/aromatic N) is 4. The van der Waals surface area contributed by atoms with Crippen LogP contribution in [0.15, 0.2) is 30.7 Å². The lowest BCUT2D eigenvalue weighted by molar-refractivity contribution is 0.0732. The van der Waals surface area contributed by atoms with Crippen LogP contribution in [0.3, 0.4) is 0 Å². The van der Waals surface area contributed by atoms with Gasteiger partial charge < -0.3 is 4.90 Å². The predicted molar refractivity (Wildman–Crippen MR) is 79.9 cm³/mol. The molecule has 2 aromatic heterocycles. The Balaban J connectivity index is 1.83. The number of amides is 1. The van der Waals surface area contributed by atoms with Gasteiger partial charge in [0.05, 0.1) is 11.7 Å². The molecule has 3 rings (SSSR count). The Morgan fingerprint density at radius 1 is 1.24 bits per heavy atom. The molecule has 0 aromatic carbocycles. The molecule has 0 bridgehead atoms. The maximum Gasteiger partial charge on any atom is 0.254 e. The monoisotopic (exact) mass is 284 g/mol. The van der Waals surface area contributed by atoms with Crippen LogP contribution in [0.4, 0.5) is 0 Å². The second-order valence-electron chi connectivity index (χ2n) is 6.41. The van der Waals surface area contributed by atoms with E-state index in [9.17, 15) is 4.79 Å². The molecule has 0 saturated carbocycles. The summed E-state index contributed by atoms with van der Waals surface area (Å²) in [6.45, 7) is 7.81. The van der Waals surface area contributed by atoms with Crippen molar-refractivity contribution in [2.45, 2.75) is 39.3 Å². The average molecular weight is 284 g/mol. The summed E-state index contributed by atoms with van der Waals surface area (Å²) in [4.78, 5) is 18.3. The highest BCUT2D eigenvalue weighted by molar-refractivity contribution is 5.94. The molecule has 0 saturated heterocycles. The van der Waals surface area contributed by atoms with Crippen molar-refractivity contribution in [2.24, 2.45) is 0 Å². The van der Waals surface area contributed by atoms with Crippen LogP contribution in [0.25, 0.3) is 0 Å². The SMILES string of the molecule is CC(C)(C)n1ncc2c1CCN(C(=O)c1ccncc1)C2. The Labute approximate surface area is 124 Å². The van der Waals surface area contributed by atoms with Crippen LogP contribution in [-0.2, 0) is 18.5 Å². The first-order valence-corrected chi connectivity index (χ1v) is 7.22. The van der Waals surface area contributed by atoms with E-state index in [1.807, 2.05) is 11.1 Å². The molecule has 5 heteroatoms.